The minimum absolute atomic E-state index is 0.490. The highest BCUT2D eigenvalue weighted by atomic mass is 79.9. The van der Waals surface area contributed by atoms with Crippen molar-refractivity contribution in [3.05, 3.63) is 47.0 Å². The van der Waals surface area contributed by atoms with Crippen molar-refractivity contribution in [3.63, 3.8) is 0 Å². The van der Waals surface area contributed by atoms with Crippen molar-refractivity contribution >= 4 is 15.9 Å². The number of nitrogens with zero attached hydrogens (tertiary/aromatic N) is 2. The second-order valence-electron chi connectivity index (χ2n) is 3.25. The molecule has 0 aliphatic heterocycles. The fourth-order valence-corrected chi connectivity index (χ4v) is 1.65. The Kier molecular flexibility index (Phi) is 3.06. The summed E-state index contributed by atoms with van der Waals surface area (Å²) < 4.78 is 8.47. The first-order valence-electron chi connectivity index (χ1n) is 4.60. The first-order chi connectivity index (χ1) is 7.25. The number of aryl methyl sites for hydroxylation is 1. The summed E-state index contributed by atoms with van der Waals surface area (Å²) in [5, 5.41) is 0. The SMILES string of the molecule is Cn1cnc(COc2ccccc2Br)c1. The zero-order valence-electron chi connectivity index (χ0n) is 8.35. The lowest BCUT2D eigenvalue weighted by molar-refractivity contribution is 0.300. The van der Waals surface area contributed by atoms with Crippen LogP contribution in [0.2, 0.25) is 0 Å². The van der Waals surface area contributed by atoms with Gasteiger partial charge in [0.05, 0.1) is 16.5 Å². The van der Waals surface area contributed by atoms with E-state index in [0.29, 0.717) is 6.61 Å². The summed E-state index contributed by atoms with van der Waals surface area (Å²) in [5.41, 5.74) is 0.924. The molecule has 1 aromatic carbocycles. The van der Waals surface area contributed by atoms with Crippen LogP contribution in [-0.4, -0.2) is 9.55 Å². The molecule has 15 heavy (non-hydrogen) atoms. The van der Waals surface area contributed by atoms with Crippen LogP contribution in [0, 0.1) is 0 Å². The number of ether oxygens (including phenoxy) is 1. The smallest absolute Gasteiger partial charge is 0.134 e. The summed E-state index contributed by atoms with van der Waals surface area (Å²) >= 11 is 3.42. The highest BCUT2D eigenvalue weighted by Crippen LogP contribution is 2.24. The number of benzene rings is 1. The second kappa shape index (κ2) is 4.49. The van der Waals surface area contributed by atoms with Gasteiger partial charge in [0.2, 0.25) is 0 Å². The molecule has 0 aliphatic rings. The van der Waals surface area contributed by atoms with E-state index < -0.39 is 0 Å². The van der Waals surface area contributed by atoms with Crippen molar-refractivity contribution in [1.82, 2.24) is 9.55 Å². The van der Waals surface area contributed by atoms with E-state index in [1.54, 1.807) is 6.33 Å². The van der Waals surface area contributed by atoms with Gasteiger partial charge < -0.3 is 9.30 Å². The van der Waals surface area contributed by atoms with Gasteiger partial charge in [0.1, 0.15) is 12.4 Å². The van der Waals surface area contributed by atoms with E-state index in [-0.39, 0.29) is 0 Å². The molecular weight excluding hydrogens is 256 g/mol. The normalized spacial score (nSPS) is 10.3. The van der Waals surface area contributed by atoms with Crippen LogP contribution in [0.5, 0.6) is 5.75 Å². The predicted molar refractivity (Wildman–Crippen MR) is 61.7 cm³/mol. The van der Waals surface area contributed by atoms with Crippen LogP contribution < -0.4 is 4.74 Å². The van der Waals surface area contributed by atoms with Crippen molar-refractivity contribution in [2.45, 2.75) is 6.61 Å². The quantitative estimate of drug-likeness (QED) is 0.855. The molecular formula is C11H11BrN2O. The third kappa shape index (κ3) is 2.59. The molecule has 0 bridgehead atoms. The molecule has 0 radical (unpaired) electrons. The molecule has 2 aromatic rings. The summed E-state index contributed by atoms with van der Waals surface area (Å²) in [6, 6.07) is 7.77. The molecule has 0 N–H and O–H groups in total. The Hall–Kier alpha value is -1.29. The topological polar surface area (TPSA) is 27.1 Å². The average Bonchev–Trinajstić information content (AvgIpc) is 2.63. The van der Waals surface area contributed by atoms with Gasteiger partial charge in [-0.1, -0.05) is 12.1 Å². The monoisotopic (exact) mass is 266 g/mol. The van der Waals surface area contributed by atoms with Crippen LogP contribution in [0.4, 0.5) is 0 Å². The van der Waals surface area contributed by atoms with Gasteiger partial charge >= 0.3 is 0 Å². The minimum Gasteiger partial charge on any atom is -0.486 e. The van der Waals surface area contributed by atoms with E-state index in [4.69, 9.17) is 4.74 Å². The fourth-order valence-electron chi connectivity index (χ4n) is 1.25. The molecule has 1 heterocycles. The zero-order chi connectivity index (χ0) is 10.7. The molecule has 4 heteroatoms. The summed E-state index contributed by atoms with van der Waals surface area (Å²) in [7, 11) is 1.94. The summed E-state index contributed by atoms with van der Waals surface area (Å²) in [4.78, 5) is 4.18. The van der Waals surface area contributed by atoms with Crippen molar-refractivity contribution in [2.75, 3.05) is 0 Å². The van der Waals surface area contributed by atoms with Gasteiger partial charge in [-0.25, -0.2) is 4.98 Å². The minimum atomic E-state index is 0.490. The van der Waals surface area contributed by atoms with Gasteiger partial charge in [0.25, 0.3) is 0 Å². The maximum absolute atomic E-state index is 5.61. The average molecular weight is 267 g/mol. The fraction of sp³-hybridized carbons (Fsp3) is 0.182. The Morgan fingerprint density at radius 1 is 1.40 bits per heavy atom. The molecule has 0 aliphatic carbocycles. The Balaban J connectivity index is 2.02. The van der Waals surface area contributed by atoms with Gasteiger partial charge in [-0.15, -0.1) is 0 Å². The standard InChI is InChI=1S/C11H11BrN2O/c1-14-6-9(13-8-14)7-15-11-5-3-2-4-10(11)12/h2-6,8H,7H2,1H3. The number of para-hydroxylation sites is 1. The number of halogens is 1. The van der Waals surface area contributed by atoms with Gasteiger partial charge in [0, 0.05) is 13.2 Å². The highest BCUT2D eigenvalue weighted by Gasteiger charge is 2.01. The molecule has 1 aromatic heterocycles. The molecule has 2 rings (SSSR count). The molecule has 0 saturated carbocycles. The van der Waals surface area contributed by atoms with Crippen molar-refractivity contribution < 1.29 is 4.74 Å². The lowest BCUT2D eigenvalue weighted by Gasteiger charge is -2.05. The van der Waals surface area contributed by atoms with E-state index in [0.717, 1.165) is 15.9 Å². The van der Waals surface area contributed by atoms with Crippen molar-refractivity contribution in [2.24, 2.45) is 7.05 Å². The zero-order valence-corrected chi connectivity index (χ0v) is 9.94. The van der Waals surface area contributed by atoms with E-state index in [1.807, 2.05) is 42.1 Å². The lowest BCUT2D eigenvalue weighted by Crippen LogP contribution is -1.96. The molecule has 3 nitrogen and oxygen atoms in total. The van der Waals surface area contributed by atoms with Gasteiger partial charge in [0.15, 0.2) is 0 Å². The van der Waals surface area contributed by atoms with Crippen LogP contribution >= 0.6 is 15.9 Å². The van der Waals surface area contributed by atoms with Gasteiger partial charge in [-0.2, -0.15) is 0 Å². The Labute approximate surface area is 96.8 Å². The number of imidazole rings is 1. The van der Waals surface area contributed by atoms with E-state index in [9.17, 15) is 0 Å². The van der Waals surface area contributed by atoms with E-state index >= 15 is 0 Å². The molecule has 78 valence electrons. The first-order valence-corrected chi connectivity index (χ1v) is 5.39. The molecule has 0 saturated heterocycles. The highest BCUT2D eigenvalue weighted by molar-refractivity contribution is 9.10. The number of hydrogen-bond acceptors (Lipinski definition) is 2. The molecule has 0 spiro atoms. The third-order valence-electron chi connectivity index (χ3n) is 1.97. The van der Waals surface area contributed by atoms with Crippen LogP contribution in [0.15, 0.2) is 41.3 Å². The van der Waals surface area contributed by atoms with Crippen molar-refractivity contribution in [1.29, 1.82) is 0 Å². The number of hydrogen-bond donors (Lipinski definition) is 0. The van der Waals surface area contributed by atoms with Crippen LogP contribution in [0.3, 0.4) is 0 Å². The second-order valence-corrected chi connectivity index (χ2v) is 4.10. The summed E-state index contributed by atoms with van der Waals surface area (Å²) in [6.45, 7) is 0.490. The molecule has 0 atom stereocenters. The first kappa shape index (κ1) is 10.2. The summed E-state index contributed by atoms with van der Waals surface area (Å²) in [5.74, 6) is 0.836. The van der Waals surface area contributed by atoms with Crippen LogP contribution in [0.1, 0.15) is 5.69 Å². The molecule has 0 unspecified atom stereocenters. The number of rotatable bonds is 3. The maximum Gasteiger partial charge on any atom is 0.134 e. The van der Waals surface area contributed by atoms with Gasteiger partial charge in [-0.3, -0.25) is 0 Å². The Morgan fingerprint density at radius 2 is 2.20 bits per heavy atom. The maximum atomic E-state index is 5.61. The van der Waals surface area contributed by atoms with E-state index in [1.165, 1.54) is 0 Å². The Bertz CT molecular complexity index is 453. The van der Waals surface area contributed by atoms with Crippen LogP contribution in [-0.2, 0) is 13.7 Å². The van der Waals surface area contributed by atoms with Crippen LogP contribution in [0.25, 0.3) is 0 Å². The third-order valence-corrected chi connectivity index (χ3v) is 2.63. The largest absolute Gasteiger partial charge is 0.486 e. The molecule has 0 fully saturated rings. The van der Waals surface area contributed by atoms with E-state index in [2.05, 4.69) is 20.9 Å². The Morgan fingerprint density at radius 3 is 2.87 bits per heavy atom. The molecule has 0 amide bonds. The van der Waals surface area contributed by atoms with Gasteiger partial charge in [-0.05, 0) is 28.1 Å². The lowest BCUT2D eigenvalue weighted by atomic mass is 10.3. The van der Waals surface area contributed by atoms with Crippen molar-refractivity contribution in [3.8, 4) is 5.75 Å². The predicted octanol–water partition coefficient (Wildman–Crippen LogP) is 2.76. The summed E-state index contributed by atoms with van der Waals surface area (Å²) in [6.07, 6.45) is 3.70. The number of aromatic nitrogens is 2.